The summed E-state index contributed by atoms with van der Waals surface area (Å²) in [6.45, 7) is 3.25. The molecule has 4 nitrogen and oxygen atoms in total. The normalized spacial score (nSPS) is 30.1. The van der Waals surface area contributed by atoms with Gasteiger partial charge in [-0.2, -0.15) is 13.2 Å². The third kappa shape index (κ3) is 3.78. The van der Waals surface area contributed by atoms with E-state index >= 15 is 0 Å². The molecule has 1 aliphatic carbocycles. The van der Waals surface area contributed by atoms with Gasteiger partial charge in [0, 0.05) is 31.2 Å². The molecule has 2 atom stereocenters. The SMILES string of the molecule is Cl.O=C(NC1C2CC3CC1CN(C3)C2)c1ccc(-c2cccc(C(F)(F)F)c2)o1. The molecule has 4 bridgehead atoms. The van der Waals surface area contributed by atoms with Crippen LogP contribution in [0.25, 0.3) is 11.3 Å². The molecule has 156 valence electrons. The number of carbonyl (C=O) groups is 1. The molecule has 1 aromatic carbocycles. The highest BCUT2D eigenvalue weighted by molar-refractivity contribution is 5.92. The Balaban J connectivity index is 0.00000205. The van der Waals surface area contributed by atoms with Crippen LogP contribution >= 0.6 is 12.4 Å². The van der Waals surface area contributed by atoms with Crippen molar-refractivity contribution in [1.29, 1.82) is 0 Å². The number of rotatable bonds is 3. The van der Waals surface area contributed by atoms with Crippen molar-refractivity contribution in [2.24, 2.45) is 17.8 Å². The van der Waals surface area contributed by atoms with Crippen LogP contribution in [0, 0.1) is 17.8 Å². The van der Waals surface area contributed by atoms with Gasteiger partial charge in [-0.25, -0.2) is 0 Å². The summed E-state index contributed by atoms with van der Waals surface area (Å²) in [6, 6.07) is 8.17. The number of carbonyl (C=O) groups excluding carboxylic acids is 1. The number of piperidine rings is 3. The maximum absolute atomic E-state index is 12.9. The minimum Gasteiger partial charge on any atom is -0.451 e. The van der Waals surface area contributed by atoms with E-state index in [9.17, 15) is 18.0 Å². The molecule has 4 aliphatic rings. The number of amides is 1. The van der Waals surface area contributed by atoms with Crippen molar-refractivity contribution in [3.8, 4) is 11.3 Å². The van der Waals surface area contributed by atoms with Gasteiger partial charge in [-0.1, -0.05) is 12.1 Å². The lowest BCUT2D eigenvalue weighted by Crippen LogP contribution is -2.64. The first kappa shape index (κ1) is 20.3. The van der Waals surface area contributed by atoms with Crippen LogP contribution in [0.4, 0.5) is 13.2 Å². The number of benzene rings is 1. The number of hydrogen-bond acceptors (Lipinski definition) is 3. The van der Waals surface area contributed by atoms with Crippen LogP contribution in [0.1, 0.15) is 29.0 Å². The second-order valence-electron chi connectivity index (χ2n) is 8.32. The van der Waals surface area contributed by atoms with E-state index in [0.717, 1.165) is 44.0 Å². The van der Waals surface area contributed by atoms with Gasteiger partial charge in [0.25, 0.3) is 5.91 Å². The van der Waals surface area contributed by atoms with Gasteiger partial charge in [0.15, 0.2) is 5.76 Å². The molecule has 1 amide bonds. The summed E-state index contributed by atoms with van der Waals surface area (Å²) in [5.41, 5.74) is -0.438. The third-order valence-electron chi connectivity index (χ3n) is 6.39. The average molecular weight is 427 g/mol. The van der Waals surface area contributed by atoms with E-state index < -0.39 is 11.7 Å². The smallest absolute Gasteiger partial charge is 0.416 e. The minimum atomic E-state index is -4.42. The third-order valence-corrected chi connectivity index (χ3v) is 6.39. The Morgan fingerprint density at radius 3 is 2.45 bits per heavy atom. The Morgan fingerprint density at radius 2 is 1.79 bits per heavy atom. The van der Waals surface area contributed by atoms with Gasteiger partial charge < -0.3 is 14.6 Å². The second-order valence-corrected chi connectivity index (χ2v) is 8.32. The molecule has 2 unspecified atom stereocenters. The Hall–Kier alpha value is -1.99. The Labute approximate surface area is 172 Å². The maximum Gasteiger partial charge on any atom is 0.416 e. The number of halogens is 4. The predicted octanol–water partition coefficient (Wildman–Crippen LogP) is 4.46. The average Bonchev–Trinajstić information content (AvgIpc) is 3.14. The van der Waals surface area contributed by atoms with Gasteiger partial charge in [0.2, 0.25) is 0 Å². The molecular formula is C21H22ClF3N2O2. The lowest BCUT2D eigenvalue weighted by Gasteiger charge is -2.55. The quantitative estimate of drug-likeness (QED) is 0.788. The van der Waals surface area contributed by atoms with Crippen LogP contribution < -0.4 is 5.32 Å². The van der Waals surface area contributed by atoms with Crippen LogP contribution in [0.3, 0.4) is 0 Å². The summed E-state index contributed by atoms with van der Waals surface area (Å²) in [6.07, 6.45) is -2.10. The maximum atomic E-state index is 12.9. The monoisotopic (exact) mass is 426 g/mol. The molecule has 29 heavy (non-hydrogen) atoms. The molecular weight excluding hydrogens is 405 g/mol. The lowest BCUT2D eigenvalue weighted by atomic mass is 9.65. The van der Waals surface area contributed by atoms with E-state index in [-0.39, 0.29) is 35.9 Å². The molecule has 6 rings (SSSR count). The van der Waals surface area contributed by atoms with E-state index in [0.29, 0.717) is 17.4 Å². The van der Waals surface area contributed by atoms with Gasteiger partial charge in [0.1, 0.15) is 5.76 Å². The molecule has 4 fully saturated rings. The van der Waals surface area contributed by atoms with Crippen LogP contribution in [0.15, 0.2) is 40.8 Å². The summed E-state index contributed by atoms with van der Waals surface area (Å²) >= 11 is 0. The number of furan rings is 1. The van der Waals surface area contributed by atoms with Gasteiger partial charge in [-0.15, -0.1) is 12.4 Å². The molecule has 3 saturated heterocycles. The van der Waals surface area contributed by atoms with E-state index in [2.05, 4.69) is 10.2 Å². The first-order chi connectivity index (χ1) is 13.4. The summed E-state index contributed by atoms with van der Waals surface area (Å²) in [5.74, 6) is 1.82. The topological polar surface area (TPSA) is 45.5 Å². The van der Waals surface area contributed by atoms with Crippen LogP contribution in [-0.4, -0.2) is 36.5 Å². The van der Waals surface area contributed by atoms with Crippen molar-refractivity contribution >= 4 is 18.3 Å². The summed E-state index contributed by atoms with van der Waals surface area (Å²) < 4.78 is 44.4. The zero-order chi connectivity index (χ0) is 19.5. The molecule has 1 N–H and O–H groups in total. The van der Waals surface area contributed by atoms with Crippen LogP contribution in [0.5, 0.6) is 0 Å². The molecule has 0 radical (unpaired) electrons. The standard InChI is InChI=1S/C21H21F3N2O2.ClH/c22-21(23,24)16-3-1-2-13(8-16)17-4-5-18(28-17)20(27)25-19-14-6-12-7-15(19)11-26(9-12)10-14;/h1-5,8,12,14-15,19H,6-7,9-11H2,(H,25,27);1H. The fraction of sp³-hybridized carbons (Fsp3) is 0.476. The highest BCUT2D eigenvalue weighted by Gasteiger charge is 2.48. The van der Waals surface area contributed by atoms with Gasteiger partial charge in [-0.05, 0) is 54.9 Å². The van der Waals surface area contributed by atoms with E-state index in [4.69, 9.17) is 4.42 Å². The van der Waals surface area contributed by atoms with Gasteiger partial charge in [0.05, 0.1) is 5.56 Å². The summed E-state index contributed by atoms with van der Waals surface area (Å²) in [4.78, 5) is 15.2. The van der Waals surface area contributed by atoms with Crippen molar-refractivity contribution < 1.29 is 22.4 Å². The molecule has 8 heteroatoms. The van der Waals surface area contributed by atoms with E-state index in [1.54, 1.807) is 12.1 Å². The summed E-state index contributed by atoms with van der Waals surface area (Å²) in [5, 5.41) is 3.14. The number of alkyl halides is 3. The number of hydrogen-bond donors (Lipinski definition) is 1. The van der Waals surface area contributed by atoms with Crippen LogP contribution in [0.2, 0.25) is 0 Å². The van der Waals surface area contributed by atoms with Crippen molar-refractivity contribution in [3.05, 3.63) is 47.7 Å². The lowest BCUT2D eigenvalue weighted by molar-refractivity contribution is -0.137. The first-order valence-electron chi connectivity index (χ1n) is 9.67. The zero-order valence-electron chi connectivity index (χ0n) is 15.6. The highest BCUT2D eigenvalue weighted by Crippen LogP contribution is 2.43. The fourth-order valence-corrected chi connectivity index (χ4v) is 5.33. The second kappa shape index (κ2) is 7.36. The number of nitrogens with one attached hydrogen (secondary N) is 1. The molecule has 4 heterocycles. The van der Waals surface area contributed by atoms with Crippen molar-refractivity contribution in [2.75, 3.05) is 19.6 Å². The van der Waals surface area contributed by atoms with Gasteiger partial charge >= 0.3 is 6.18 Å². The molecule has 1 saturated carbocycles. The highest BCUT2D eigenvalue weighted by atomic mass is 35.5. The largest absolute Gasteiger partial charge is 0.451 e. The van der Waals surface area contributed by atoms with Crippen molar-refractivity contribution in [3.63, 3.8) is 0 Å². The predicted molar refractivity (Wildman–Crippen MR) is 104 cm³/mol. The molecule has 3 aliphatic heterocycles. The first-order valence-corrected chi connectivity index (χ1v) is 9.67. The Bertz CT molecular complexity index is 883. The summed E-state index contributed by atoms with van der Waals surface area (Å²) in [7, 11) is 0. The minimum absolute atomic E-state index is 0. The van der Waals surface area contributed by atoms with Crippen molar-refractivity contribution in [2.45, 2.75) is 25.1 Å². The Morgan fingerprint density at radius 1 is 1.07 bits per heavy atom. The molecule has 0 spiro atoms. The zero-order valence-corrected chi connectivity index (χ0v) is 16.4. The number of nitrogens with zero attached hydrogens (tertiary/aromatic N) is 1. The fourth-order valence-electron chi connectivity index (χ4n) is 5.33. The van der Waals surface area contributed by atoms with Crippen LogP contribution in [-0.2, 0) is 6.18 Å². The van der Waals surface area contributed by atoms with Gasteiger partial charge in [-0.3, -0.25) is 4.79 Å². The van der Waals surface area contributed by atoms with E-state index in [1.807, 2.05) is 0 Å². The van der Waals surface area contributed by atoms with Crippen molar-refractivity contribution in [1.82, 2.24) is 10.2 Å². The molecule has 2 aromatic rings. The van der Waals surface area contributed by atoms with E-state index in [1.165, 1.54) is 18.7 Å². The Kier molecular flexibility index (Phi) is 5.15. The molecule has 1 aromatic heterocycles.